The lowest BCUT2D eigenvalue weighted by Crippen LogP contribution is -2.18. The monoisotopic (exact) mass is 647 g/mol. The van der Waals surface area contributed by atoms with Crippen molar-refractivity contribution in [2.45, 2.75) is 232 Å². The standard InChI is InChI=1S/C42H78O4/c1-3-5-7-8-9-10-11-12-13-14-15-16-17-18-19-20-21-26-29-32-35-39-42(45)46-40(36-6-4-2)37-33-30-27-24-22-23-25-28-31-34-38-41(43)44/h9-10,12-13,40H,3-8,11,14-39H2,1-2H3,(H,43,44)/b10-9-,13-12-. The van der Waals surface area contributed by atoms with Crippen LogP contribution in [0.15, 0.2) is 24.3 Å². The van der Waals surface area contributed by atoms with Gasteiger partial charge in [0.15, 0.2) is 0 Å². The number of carbonyl (C=O) groups is 2. The minimum absolute atomic E-state index is 0.0228. The molecule has 0 saturated heterocycles. The van der Waals surface area contributed by atoms with Gasteiger partial charge in [-0.25, -0.2) is 0 Å². The van der Waals surface area contributed by atoms with Gasteiger partial charge in [-0.05, 0) is 64.2 Å². The van der Waals surface area contributed by atoms with E-state index < -0.39 is 5.97 Å². The van der Waals surface area contributed by atoms with E-state index in [-0.39, 0.29) is 12.1 Å². The Kier molecular flexibility index (Phi) is 36.6. The summed E-state index contributed by atoms with van der Waals surface area (Å²) >= 11 is 0. The van der Waals surface area contributed by atoms with Crippen molar-refractivity contribution in [1.29, 1.82) is 0 Å². The fraction of sp³-hybridized carbons (Fsp3) is 0.857. The first-order valence-corrected chi connectivity index (χ1v) is 20.3. The van der Waals surface area contributed by atoms with Gasteiger partial charge in [-0.2, -0.15) is 0 Å². The van der Waals surface area contributed by atoms with E-state index in [0.717, 1.165) is 70.6 Å². The SMILES string of the molecule is CCCCC/C=C\C/C=C\CCCCCCCCCCCCCC(=O)OC(CCCC)CCCCCCCCCCCCC(=O)O. The van der Waals surface area contributed by atoms with Gasteiger partial charge in [0, 0.05) is 12.8 Å². The van der Waals surface area contributed by atoms with Crippen LogP contribution in [0.3, 0.4) is 0 Å². The molecule has 0 aromatic rings. The van der Waals surface area contributed by atoms with Crippen molar-refractivity contribution in [2.24, 2.45) is 0 Å². The highest BCUT2D eigenvalue weighted by molar-refractivity contribution is 5.69. The molecule has 4 heteroatoms. The molecule has 0 saturated carbocycles. The summed E-state index contributed by atoms with van der Waals surface area (Å²) in [5, 5.41) is 8.68. The van der Waals surface area contributed by atoms with Crippen molar-refractivity contribution in [1.82, 2.24) is 0 Å². The summed E-state index contributed by atoms with van der Waals surface area (Å²) in [5.74, 6) is -0.652. The lowest BCUT2D eigenvalue weighted by Gasteiger charge is -2.18. The van der Waals surface area contributed by atoms with E-state index in [2.05, 4.69) is 38.2 Å². The van der Waals surface area contributed by atoms with Crippen molar-refractivity contribution < 1.29 is 19.4 Å². The maximum absolute atomic E-state index is 12.5. The van der Waals surface area contributed by atoms with Crippen LogP contribution in [0.1, 0.15) is 226 Å². The molecule has 0 aliphatic heterocycles. The van der Waals surface area contributed by atoms with Gasteiger partial charge in [-0.15, -0.1) is 0 Å². The van der Waals surface area contributed by atoms with Gasteiger partial charge >= 0.3 is 11.9 Å². The Morgan fingerprint density at radius 1 is 0.478 bits per heavy atom. The van der Waals surface area contributed by atoms with Crippen LogP contribution in [0.4, 0.5) is 0 Å². The molecular weight excluding hydrogens is 568 g/mol. The van der Waals surface area contributed by atoms with E-state index >= 15 is 0 Å². The Balaban J connectivity index is 3.59. The second-order valence-electron chi connectivity index (χ2n) is 13.8. The number of ether oxygens (including phenoxy) is 1. The van der Waals surface area contributed by atoms with E-state index in [1.54, 1.807) is 0 Å². The maximum Gasteiger partial charge on any atom is 0.306 e. The van der Waals surface area contributed by atoms with Crippen LogP contribution in [-0.2, 0) is 14.3 Å². The predicted octanol–water partition coefficient (Wildman–Crippen LogP) is 14.0. The molecule has 1 unspecified atom stereocenters. The van der Waals surface area contributed by atoms with Crippen LogP contribution in [0.5, 0.6) is 0 Å². The van der Waals surface area contributed by atoms with Crippen LogP contribution in [0.25, 0.3) is 0 Å². The Morgan fingerprint density at radius 3 is 1.35 bits per heavy atom. The maximum atomic E-state index is 12.5. The number of carbonyl (C=O) groups excluding carboxylic acids is 1. The molecular formula is C42H78O4. The minimum Gasteiger partial charge on any atom is -0.481 e. The van der Waals surface area contributed by atoms with Gasteiger partial charge in [-0.1, -0.05) is 173 Å². The molecule has 0 radical (unpaired) electrons. The summed E-state index contributed by atoms with van der Waals surface area (Å²) in [6, 6.07) is 0. The van der Waals surface area contributed by atoms with Gasteiger partial charge in [0.2, 0.25) is 0 Å². The Hall–Kier alpha value is -1.58. The number of aliphatic carboxylic acids is 1. The second kappa shape index (κ2) is 37.9. The first-order valence-electron chi connectivity index (χ1n) is 20.3. The lowest BCUT2D eigenvalue weighted by molar-refractivity contribution is -0.150. The Morgan fingerprint density at radius 2 is 0.870 bits per heavy atom. The number of rotatable bonds is 37. The van der Waals surface area contributed by atoms with Crippen molar-refractivity contribution >= 4 is 11.9 Å². The average Bonchev–Trinajstić information content (AvgIpc) is 3.04. The number of carboxylic acid groups (broad SMARTS) is 1. The fourth-order valence-electron chi connectivity index (χ4n) is 6.14. The second-order valence-corrected chi connectivity index (χ2v) is 13.8. The highest BCUT2D eigenvalue weighted by Crippen LogP contribution is 2.18. The van der Waals surface area contributed by atoms with Gasteiger partial charge in [-0.3, -0.25) is 9.59 Å². The van der Waals surface area contributed by atoms with E-state index in [1.807, 2.05) is 0 Å². The average molecular weight is 647 g/mol. The molecule has 46 heavy (non-hydrogen) atoms. The summed E-state index contributed by atoms with van der Waals surface area (Å²) in [7, 11) is 0. The molecule has 0 amide bonds. The summed E-state index contributed by atoms with van der Waals surface area (Å²) in [5.41, 5.74) is 0. The zero-order valence-corrected chi connectivity index (χ0v) is 30.9. The molecule has 0 rings (SSSR count). The van der Waals surface area contributed by atoms with E-state index in [9.17, 15) is 9.59 Å². The third-order valence-corrected chi connectivity index (χ3v) is 9.18. The molecule has 1 N–H and O–H groups in total. The molecule has 4 nitrogen and oxygen atoms in total. The zero-order chi connectivity index (χ0) is 33.6. The Bertz CT molecular complexity index is 698. The number of carboxylic acids is 1. The van der Waals surface area contributed by atoms with Crippen LogP contribution in [0, 0.1) is 0 Å². The zero-order valence-electron chi connectivity index (χ0n) is 30.9. The van der Waals surface area contributed by atoms with Crippen molar-refractivity contribution in [2.75, 3.05) is 0 Å². The molecule has 0 heterocycles. The van der Waals surface area contributed by atoms with Gasteiger partial charge in [0.1, 0.15) is 6.10 Å². The number of allylic oxidation sites excluding steroid dienone is 4. The van der Waals surface area contributed by atoms with Gasteiger partial charge in [0.25, 0.3) is 0 Å². The van der Waals surface area contributed by atoms with Crippen LogP contribution < -0.4 is 0 Å². The molecule has 0 aliphatic rings. The number of hydrogen-bond acceptors (Lipinski definition) is 3. The Labute approximate surface area is 287 Å². The molecule has 0 aliphatic carbocycles. The number of unbranched alkanes of at least 4 members (excludes halogenated alkanes) is 24. The quantitative estimate of drug-likeness (QED) is 0.0414. The van der Waals surface area contributed by atoms with Crippen molar-refractivity contribution in [3.8, 4) is 0 Å². The predicted molar refractivity (Wildman–Crippen MR) is 200 cm³/mol. The third kappa shape index (κ3) is 36.9. The van der Waals surface area contributed by atoms with Crippen LogP contribution >= 0.6 is 0 Å². The molecule has 0 aromatic heterocycles. The highest BCUT2D eigenvalue weighted by Gasteiger charge is 2.14. The van der Waals surface area contributed by atoms with Crippen LogP contribution in [-0.4, -0.2) is 23.1 Å². The third-order valence-electron chi connectivity index (χ3n) is 9.18. The summed E-state index contributed by atoms with van der Waals surface area (Å²) in [4.78, 5) is 23.0. The van der Waals surface area contributed by atoms with E-state index in [4.69, 9.17) is 9.84 Å². The normalized spacial score (nSPS) is 12.4. The van der Waals surface area contributed by atoms with Crippen LogP contribution in [0.2, 0.25) is 0 Å². The highest BCUT2D eigenvalue weighted by atomic mass is 16.5. The molecule has 1 atom stereocenters. The molecule has 0 spiro atoms. The van der Waals surface area contributed by atoms with Gasteiger partial charge < -0.3 is 9.84 Å². The molecule has 0 fully saturated rings. The van der Waals surface area contributed by atoms with E-state index in [0.29, 0.717) is 12.8 Å². The molecule has 270 valence electrons. The smallest absolute Gasteiger partial charge is 0.306 e. The topological polar surface area (TPSA) is 63.6 Å². The van der Waals surface area contributed by atoms with Crippen molar-refractivity contribution in [3.05, 3.63) is 24.3 Å². The summed E-state index contributed by atoms with van der Waals surface area (Å²) in [6.07, 6.45) is 48.2. The minimum atomic E-state index is -0.675. The largest absolute Gasteiger partial charge is 0.481 e. The van der Waals surface area contributed by atoms with Crippen molar-refractivity contribution in [3.63, 3.8) is 0 Å². The summed E-state index contributed by atoms with van der Waals surface area (Å²) < 4.78 is 5.92. The van der Waals surface area contributed by atoms with Gasteiger partial charge in [0.05, 0.1) is 0 Å². The molecule has 0 bridgehead atoms. The summed E-state index contributed by atoms with van der Waals surface area (Å²) in [6.45, 7) is 4.47. The van der Waals surface area contributed by atoms with E-state index in [1.165, 1.54) is 128 Å². The molecule has 0 aromatic carbocycles. The number of esters is 1. The fourth-order valence-corrected chi connectivity index (χ4v) is 6.14. The number of hydrogen-bond donors (Lipinski definition) is 1. The first-order chi connectivity index (χ1) is 22.6. The lowest BCUT2D eigenvalue weighted by atomic mass is 10.0. The first kappa shape index (κ1) is 44.4.